The van der Waals surface area contributed by atoms with Crippen LogP contribution in [0.2, 0.25) is 0 Å². The van der Waals surface area contributed by atoms with E-state index in [-0.39, 0.29) is 10.6 Å². The highest BCUT2D eigenvalue weighted by Crippen LogP contribution is 2.14. The molecule has 0 aromatic carbocycles. The highest BCUT2D eigenvalue weighted by atomic mass is 16.6. The fourth-order valence-corrected chi connectivity index (χ4v) is 0.984. The highest BCUT2D eigenvalue weighted by Gasteiger charge is 2.23. The van der Waals surface area contributed by atoms with Crippen molar-refractivity contribution in [1.82, 2.24) is 0 Å². The molecule has 0 fully saturated rings. The van der Waals surface area contributed by atoms with Crippen molar-refractivity contribution in [3.05, 3.63) is 21.4 Å². The molecule has 1 rings (SSSR count). The summed E-state index contributed by atoms with van der Waals surface area (Å²) in [6.45, 7) is 3.88. The second-order valence-electron chi connectivity index (χ2n) is 2.29. The van der Waals surface area contributed by atoms with Crippen molar-refractivity contribution in [2.45, 2.75) is 13.8 Å². The van der Waals surface area contributed by atoms with Crippen LogP contribution in [0.1, 0.15) is 13.8 Å². The first kappa shape index (κ1) is 6.92. The third-order valence-electron chi connectivity index (χ3n) is 1.48. The molecule has 0 atom stereocenters. The van der Waals surface area contributed by atoms with E-state index in [4.69, 9.17) is 0 Å². The van der Waals surface area contributed by atoms with Gasteiger partial charge in [0.1, 0.15) is 5.71 Å². The number of allylic oxidation sites excluding steroid dienone is 1. The van der Waals surface area contributed by atoms with Gasteiger partial charge in [0.2, 0.25) is 0 Å². The average Bonchev–Trinajstić information content (AvgIpc) is 2.11. The molecule has 0 aromatic heterocycles. The monoisotopic (exact) mass is 140 g/mol. The second-order valence-corrected chi connectivity index (χ2v) is 2.29. The molecule has 0 spiro atoms. The fraction of sp³-hybridized carbons (Fsp3) is 0.500. The third-order valence-corrected chi connectivity index (χ3v) is 1.48. The van der Waals surface area contributed by atoms with Crippen molar-refractivity contribution in [2.75, 3.05) is 6.54 Å². The molecule has 0 unspecified atom stereocenters. The van der Waals surface area contributed by atoms with Crippen molar-refractivity contribution in [2.24, 2.45) is 4.99 Å². The van der Waals surface area contributed by atoms with Gasteiger partial charge < -0.3 is 0 Å². The minimum absolute atomic E-state index is 0.194. The second kappa shape index (κ2) is 2.21. The molecule has 0 saturated carbocycles. The molecule has 4 nitrogen and oxygen atoms in total. The Morgan fingerprint density at radius 2 is 2.20 bits per heavy atom. The number of aliphatic imine (C=N–C) groups is 1. The zero-order valence-electron chi connectivity index (χ0n) is 5.92. The fourth-order valence-electron chi connectivity index (χ4n) is 0.984. The van der Waals surface area contributed by atoms with Gasteiger partial charge in [0.25, 0.3) is 5.70 Å². The quantitative estimate of drug-likeness (QED) is 0.403. The van der Waals surface area contributed by atoms with E-state index in [1.54, 1.807) is 13.8 Å². The molecule has 54 valence electrons. The molecule has 0 saturated heterocycles. The highest BCUT2D eigenvalue weighted by molar-refractivity contribution is 5.98. The molecule has 0 amide bonds. The largest absolute Gasteiger partial charge is 0.290 e. The minimum Gasteiger partial charge on any atom is -0.278 e. The number of rotatable bonds is 1. The third kappa shape index (κ3) is 0.920. The predicted molar refractivity (Wildman–Crippen MR) is 37.7 cm³/mol. The van der Waals surface area contributed by atoms with E-state index < -0.39 is 0 Å². The van der Waals surface area contributed by atoms with Crippen LogP contribution in [0.15, 0.2) is 16.3 Å². The molecule has 0 aliphatic carbocycles. The Morgan fingerprint density at radius 3 is 2.40 bits per heavy atom. The summed E-state index contributed by atoms with van der Waals surface area (Å²) in [5, 5.41) is 10.3. The van der Waals surface area contributed by atoms with E-state index in [1.807, 2.05) is 0 Å². The lowest BCUT2D eigenvalue weighted by Gasteiger charge is -1.90. The summed E-state index contributed by atoms with van der Waals surface area (Å²) in [5.74, 6) is 0. The van der Waals surface area contributed by atoms with Gasteiger partial charge in [0.15, 0.2) is 0 Å². The van der Waals surface area contributed by atoms with Gasteiger partial charge in [-0.1, -0.05) is 0 Å². The summed E-state index contributed by atoms with van der Waals surface area (Å²) in [5.41, 5.74) is 1.49. The van der Waals surface area contributed by atoms with Crippen LogP contribution in [-0.2, 0) is 0 Å². The van der Waals surface area contributed by atoms with Crippen molar-refractivity contribution in [1.29, 1.82) is 0 Å². The molecule has 4 heteroatoms. The SMILES string of the molecule is CC1=NCC(C)=C1[N+](=O)[O-]. The van der Waals surface area contributed by atoms with Crippen LogP contribution in [0, 0.1) is 10.1 Å². The maximum Gasteiger partial charge on any atom is 0.290 e. The Kier molecular flexibility index (Phi) is 1.53. The van der Waals surface area contributed by atoms with E-state index in [0.717, 1.165) is 5.57 Å². The Labute approximate surface area is 58.4 Å². The van der Waals surface area contributed by atoms with Crippen LogP contribution in [0.25, 0.3) is 0 Å². The lowest BCUT2D eigenvalue weighted by atomic mass is 10.2. The molecular weight excluding hydrogens is 132 g/mol. The van der Waals surface area contributed by atoms with Crippen molar-refractivity contribution in [3.8, 4) is 0 Å². The van der Waals surface area contributed by atoms with E-state index in [1.165, 1.54) is 0 Å². The summed E-state index contributed by atoms with van der Waals surface area (Å²) >= 11 is 0. The van der Waals surface area contributed by atoms with E-state index in [0.29, 0.717) is 12.3 Å². The number of hydrogen-bond acceptors (Lipinski definition) is 3. The molecule has 0 radical (unpaired) electrons. The Bertz CT molecular complexity index is 240. The molecule has 0 N–H and O–H groups in total. The number of hydrogen-bond donors (Lipinski definition) is 0. The summed E-state index contributed by atoms with van der Waals surface area (Å²) < 4.78 is 0. The number of nitro groups is 1. The molecule has 1 aliphatic heterocycles. The maximum absolute atomic E-state index is 10.3. The molecule has 0 aromatic rings. The zero-order chi connectivity index (χ0) is 7.72. The molecule has 10 heavy (non-hydrogen) atoms. The maximum atomic E-state index is 10.3. The molecule has 1 aliphatic rings. The van der Waals surface area contributed by atoms with Crippen LogP contribution in [0.3, 0.4) is 0 Å². The minimum atomic E-state index is -0.374. The van der Waals surface area contributed by atoms with Crippen molar-refractivity contribution >= 4 is 5.71 Å². The molecule has 0 bridgehead atoms. The topological polar surface area (TPSA) is 55.5 Å². The number of nitrogens with zero attached hydrogens (tertiary/aromatic N) is 2. The van der Waals surface area contributed by atoms with Gasteiger partial charge in [-0.15, -0.1) is 0 Å². The van der Waals surface area contributed by atoms with Gasteiger partial charge in [-0.05, 0) is 13.8 Å². The van der Waals surface area contributed by atoms with Crippen molar-refractivity contribution in [3.63, 3.8) is 0 Å². The Morgan fingerprint density at radius 1 is 1.60 bits per heavy atom. The van der Waals surface area contributed by atoms with Crippen LogP contribution < -0.4 is 0 Å². The van der Waals surface area contributed by atoms with E-state index >= 15 is 0 Å². The van der Waals surface area contributed by atoms with Crippen LogP contribution in [0.4, 0.5) is 0 Å². The smallest absolute Gasteiger partial charge is 0.278 e. The summed E-state index contributed by atoms with van der Waals surface area (Å²) in [7, 11) is 0. The normalized spacial score (nSPS) is 17.6. The first-order valence-corrected chi connectivity index (χ1v) is 2.98. The van der Waals surface area contributed by atoms with Gasteiger partial charge in [0, 0.05) is 5.57 Å². The Hall–Kier alpha value is -1.19. The first-order chi connectivity index (χ1) is 4.63. The van der Waals surface area contributed by atoms with E-state index in [2.05, 4.69) is 4.99 Å². The van der Waals surface area contributed by atoms with Crippen LogP contribution >= 0.6 is 0 Å². The summed E-state index contributed by atoms with van der Waals surface area (Å²) in [6.07, 6.45) is 0. The first-order valence-electron chi connectivity index (χ1n) is 2.98. The van der Waals surface area contributed by atoms with Gasteiger partial charge in [-0.3, -0.25) is 15.1 Å². The lowest BCUT2D eigenvalue weighted by molar-refractivity contribution is -0.415. The van der Waals surface area contributed by atoms with E-state index in [9.17, 15) is 10.1 Å². The standard InChI is InChI=1S/C6H8N2O2/c1-4-3-7-5(2)6(4)8(9)10/h3H2,1-2H3. The predicted octanol–water partition coefficient (Wildman–Crippen LogP) is 1.01. The average molecular weight is 140 g/mol. The lowest BCUT2D eigenvalue weighted by Crippen LogP contribution is -2.06. The summed E-state index contributed by atoms with van der Waals surface area (Å²) in [6, 6.07) is 0. The molecular formula is C6H8N2O2. The van der Waals surface area contributed by atoms with Crippen LogP contribution in [0.5, 0.6) is 0 Å². The van der Waals surface area contributed by atoms with Gasteiger partial charge in [-0.25, -0.2) is 0 Å². The van der Waals surface area contributed by atoms with Gasteiger partial charge in [-0.2, -0.15) is 0 Å². The molecule has 1 heterocycles. The Balaban J connectivity index is 3.01. The van der Waals surface area contributed by atoms with Gasteiger partial charge >= 0.3 is 0 Å². The van der Waals surface area contributed by atoms with Crippen molar-refractivity contribution < 1.29 is 4.92 Å². The summed E-state index contributed by atoms with van der Waals surface area (Å²) in [4.78, 5) is 13.8. The van der Waals surface area contributed by atoms with Gasteiger partial charge in [0.05, 0.1) is 11.5 Å². The van der Waals surface area contributed by atoms with Crippen LogP contribution in [-0.4, -0.2) is 17.2 Å². The zero-order valence-corrected chi connectivity index (χ0v) is 5.92.